The first-order valence-electron chi connectivity index (χ1n) is 6.08. The Morgan fingerprint density at radius 1 is 0.842 bits per heavy atom. The lowest BCUT2D eigenvalue weighted by atomic mass is 10.2. The maximum atomic E-state index is 4.20. The minimum atomic E-state index is 0.768. The van der Waals surface area contributed by atoms with Crippen LogP contribution in [0.25, 0.3) is 10.6 Å². The summed E-state index contributed by atoms with van der Waals surface area (Å²) in [6.45, 7) is 0.768. The van der Waals surface area contributed by atoms with Crippen LogP contribution in [-0.4, -0.2) is 10.2 Å². The first-order chi connectivity index (χ1) is 9.42. The fraction of sp³-hybridized carbons (Fsp3) is 0.0667. The van der Waals surface area contributed by atoms with Gasteiger partial charge in [0.25, 0.3) is 0 Å². The summed E-state index contributed by atoms with van der Waals surface area (Å²) in [5.74, 6) is 0. The Bertz CT molecular complexity index is 635. The maximum absolute atomic E-state index is 4.20. The molecule has 0 saturated heterocycles. The van der Waals surface area contributed by atoms with Crippen LogP contribution in [0, 0.1) is 0 Å². The van der Waals surface area contributed by atoms with Crippen LogP contribution in [0.2, 0.25) is 0 Å². The quantitative estimate of drug-likeness (QED) is 0.781. The van der Waals surface area contributed by atoms with E-state index in [0.29, 0.717) is 0 Å². The Balaban J connectivity index is 1.69. The van der Waals surface area contributed by atoms with Gasteiger partial charge in [0.1, 0.15) is 5.01 Å². The SMILES string of the molecule is c1ccc(CNc2nnc(-c3ccccc3)s2)cc1. The lowest BCUT2D eigenvalue weighted by molar-refractivity contribution is 1.05. The topological polar surface area (TPSA) is 37.8 Å². The highest BCUT2D eigenvalue weighted by molar-refractivity contribution is 7.18. The average molecular weight is 267 g/mol. The van der Waals surface area contributed by atoms with Gasteiger partial charge in [0.15, 0.2) is 0 Å². The van der Waals surface area contributed by atoms with Crippen molar-refractivity contribution < 1.29 is 0 Å². The van der Waals surface area contributed by atoms with E-state index in [1.807, 2.05) is 48.5 Å². The smallest absolute Gasteiger partial charge is 0.206 e. The first kappa shape index (κ1) is 11.9. The summed E-state index contributed by atoms with van der Waals surface area (Å²) in [5, 5.41) is 13.5. The molecule has 0 radical (unpaired) electrons. The van der Waals surface area contributed by atoms with E-state index in [0.717, 1.165) is 22.2 Å². The zero-order valence-corrected chi connectivity index (χ0v) is 11.1. The van der Waals surface area contributed by atoms with Crippen molar-refractivity contribution in [3.63, 3.8) is 0 Å². The molecular formula is C15H13N3S. The van der Waals surface area contributed by atoms with E-state index in [9.17, 15) is 0 Å². The van der Waals surface area contributed by atoms with Crippen LogP contribution < -0.4 is 5.32 Å². The maximum Gasteiger partial charge on any atom is 0.206 e. The molecule has 0 aliphatic carbocycles. The molecule has 2 aromatic carbocycles. The number of nitrogens with one attached hydrogen (secondary N) is 1. The third kappa shape index (κ3) is 2.98. The predicted octanol–water partition coefficient (Wildman–Crippen LogP) is 3.82. The van der Waals surface area contributed by atoms with Gasteiger partial charge in [-0.25, -0.2) is 0 Å². The molecule has 0 fully saturated rings. The summed E-state index contributed by atoms with van der Waals surface area (Å²) in [6, 6.07) is 20.4. The molecule has 3 nitrogen and oxygen atoms in total. The predicted molar refractivity (Wildman–Crippen MR) is 79.1 cm³/mol. The highest BCUT2D eigenvalue weighted by Gasteiger charge is 2.05. The monoisotopic (exact) mass is 267 g/mol. The lowest BCUT2D eigenvalue weighted by Gasteiger charge is -2.00. The van der Waals surface area contributed by atoms with E-state index >= 15 is 0 Å². The Kier molecular flexibility index (Phi) is 3.51. The van der Waals surface area contributed by atoms with E-state index < -0.39 is 0 Å². The van der Waals surface area contributed by atoms with Gasteiger partial charge in [0.2, 0.25) is 5.13 Å². The van der Waals surface area contributed by atoms with Crippen LogP contribution in [-0.2, 0) is 6.54 Å². The Morgan fingerprint density at radius 3 is 2.26 bits per heavy atom. The number of rotatable bonds is 4. The van der Waals surface area contributed by atoms with Crippen molar-refractivity contribution in [2.24, 2.45) is 0 Å². The second-order valence-electron chi connectivity index (χ2n) is 4.12. The summed E-state index contributed by atoms with van der Waals surface area (Å²) >= 11 is 1.57. The molecule has 3 aromatic rings. The number of aromatic nitrogens is 2. The van der Waals surface area contributed by atoms with Crippen LogP contribution in [0.5, 0.6) is 0 Å². The summed E-state index contributed by atoms with van der Waals surface area (Å²) in [4.78, 5) is 0. The van der Waals surface area contributed by atoms with Gasteiger partial charge in [-0.1, -0.05) is 72.0 Å². The first-order valence-corrected chi connectivity index (χ1v) is 6.90. The average Bonchev–Trinajstić information content (AvgIpc) is 2.96. The van der Waals surface area contributed by atoms with E-state index in [2.05, 4.69) is 27.6 Å². The third-order valence-corrected chi connectivity index (χ3v) is 3.66. The Hall–Kier alpha value is -2.20. The van der Waals surface area contributed by atoms with Gasteiger partial charge in [-0.15, -0.1) is 10.2 Å². The molecule has 19 heavy (non-hydrogen) atoms. The van der Waals surface area contributed by atoms with Crippen molar-refractivity contribution in [3.8, 4) is 10.6 Å². The fourth-order valence-corrected chi connectivity index (χ4v) is 2.51. The number of hydrogen-bond donors (Lipinski definition) is 1. The third-order valence-electron chi connectivity index (χ3n) is 2.73. The van der Waals surface area contributed by atoms with Crippen LogP contribution in [0.15, 0.2) is 60.7 Å². The van der Waals surface area contributed by atoms with Gasteiger partial charge in [0, 0.05) is 12.1 Å². The number of nitrogens with zero attached hydrogens (tertiary/aromatic N) is 2. The highest BCUT2D eigenvalue weighted by atomic mass is 32.1. The van der Waals surface area contributed by atoms with E-state index in [1.54, 1.807) is 11.3 Å². The van der Waals surface area contributed by atoms with E-state index in [-0.39, 0.29) is 0 Å². The summed E-state index contributed by atoms with van der Waals surface area (Å²) in [6.07, 6.45) is 0. The molecule has 0 unspecified atom stereocenters. The highest BCUT2D eigenvalue weighted by Crippen LogP contribution is 2.26. The van der Waals surface area contributed by atoms with Gasteiger partial charge in [-0.05, 0) is 5.56 Å². The van der Waals surface area contributed by atoms with E-state index in [4.69, 9.17) is 0 Å². The van der Waals surface area contributed by atoms with Crippen molar-refractivity contribution in [1.29, 1.82) is 0 Å². The zero-order valence-electron chi connectivity index (χ0n) is 10.3. The number of hydrogen-bond acceptors (Lipinski definition) is 4. The molecule has 1 N–H and O–H groups in total. The molecule has 0 atom stereocenters. The van der Waals surface area contributed by atoms with Crippen LogP contribution in [0.1, 0.15) is 5.56 Å². The summed E-state index contributed by atoms with van der Waals surface area (Å²) < 4.78 is 0. The Morgan fingerprint density at radius 2 is 1.53 bits per heavy atom. The standard InChI is InChI=1S/C15H13N3S/c1-3-7-12(8-4-1)11-16-15-18-17-14(19-15)13-9-5-2-6-10-13/h1-10H,11H2,(H,16,18). The molecule has 0 bridgehead atoms. The molecule has 0 aliphatic heterocycles. The second-order valence-corrected chi connectivity index (χ2v) is 5.10. The van der Waals surface area contributed by atoms with Crippen molar-refractivity contribution in [1.82, 2.24) is 10.2 Å². The largest absolute Gasteiger partial charge is 0.356 e. The minimum Gasteiger partial charge on any atom is -0.356 e. The Labute approximate surface area is 116 Å². The molecule has 0 amide bonds. The molecule has 0 saturated carbocycles. The molecule has 1 heterocycles. The molecule has 1 aromatic heterocycles. The van der Waals surface area contributed by atoms with Gasteiger partial charge in [0.05, 0.1) is 0 Å². The van der Waals surface area contributed by atoms with Gasteiger partial charge < -0.3 is 5.32 Å². The van der Waals surface area contributed by atoms with E-state index in [1.165, 1.54) is 5.56 Å². The van der Waals surface area contributed by atoms with Gasteiger partial charge >= 0.3 is 0 Å². The van der Waals surface area contributed by atoms with Crippen molar-refractivity contribution in [2.45, 2.75) is 6.54 Å². The molecular weight excluding hydrogens is 254 g/mol. The molecule has 3 rings (SSSR count). The normalized spacial score (nSPS) is 10.3. The molecule has 4 heteroatoms. The number of anilines is 1. The van der Waals surface area contributed by atoms with Crippen molar-refractivity contribution in [3.05, 3.63) is 66.2 Å². The zero-order chi connectivity index (χ0) is 12.9. The van der Waals surface area contributed by atoms with Crippen molar-refractivity contribution in [2.75, 3.05) is 5.32 Å². The summed E-state index contributed by atoms with van der Waals surface area (Å²) in [7, 11) is 0. The fourth-order valence-electron chi connectivity index (χ4n) is 1.77. The van der Waals surface area contributed by atoms with Crippen LogP contribution in [0.3, 0.4) is 0 Å². The number of benzene rings is 2. The molecule has 94 valence electrons. The lowest BCUT2D eigenvalue weighted by Crippen LogP contribution is -1.98. The molecule has 0 spiro atoms. The second kappa shape index (κ2) is 5.63. The van der Waals surface area contributed by atoms with Gasteiger partial charge in [-0.3, -0.25) is 0 Å². The van der Waals surface area contributed by atoms with Gasteiger partial charge in [-0.2, -0.15) is 0 Å². The van der Waals surface area contributed by atoms with Crippen LogP contribution in [0.4, 0.5) is 5.13 Å². The van der Waals surface area contributed by atoms with Crippen LogP contribution >= 0.6 is 11.3 Å². The molecule has 0 aliphatic rings. The minimum absolute atomic E-state index is 0.768. The summed E-state index contributed by atoms with van der Waals surface area (Å²) in [5.41, 5.74) is 2.34. The van der Waals surface area contributed by atoms with Crippen molar-refractivity contribution >= 4 is 16.5 Å².